The van der Waals surface area contributed by atoms with Gasteiger partial charge < -0.3 is 15.4 Å². The molecule has 16 heavy (non-hydrogen) atoms. The van der Waals surface area contributed by atoms with Crippen LogP contribution in [0.15, 0.2) is 6.07 Å². The summed E-state index contributed by atoms with van der Waals surface area (Å²) in [5.41, 5.74) is 5.75. The van der Waals surface area contributed by atoms with E-state index in [0.717, 1.165) is 31.0 Å². The van der Waals surface area contributed by atoms with E-state index in [-0.39, 0.29) is 0 Å². The summed E-state index contributed by atoms with van der Waals surface area (Å²) in [6.45, 7) is 3.56. The predicted molar refractivity (Wildman–Crippen MR) is 65.6 cm³/mol. The largest absolute Gasteiger partial charge is 0.384 e. The highest BCUT2D eigenvalue weighted by molar-refractivity contribution is 5.46. The van der Waals surface area contributed by atoms with Gasteiger partial charge in [0, 0.05) is 33.2 Å². The monoisotopic (exact) mass is 224 g/mol. The van der Waals surface area contributed by atoms with E-state index in [1.54, 1.807) is 13.2 Å². The molecule has 0 bridgehead atoms. The number of likely N-dealkylation sites (N-methyl/N-ethyl adjacent to an activating group) is 1. The first-order chi connectivity index (χ1) is 7.67. The van der Waals surface area contributed by atoms with E-state index in [1.807, 2.05) is 11.9 Å². The molecule has 0 atom stereocenters. The zero-order chi connectivity index (χ0) is 12.0. The molecule has 1 heterocycles. The summed E-state index contributed by atoms with van der Waals surface area (Å²) in [4.78, 5) is 10.7. The molecular formula is C11H20N4O. The van der Waals surface area contributed by atoms with Gasteiger partial charge in [-0.3, -0.25) is 0 Å². The van der Waals surface area contributed by atoms with Crippen molar-refractivity contribution < 1.29 is 4.74 Å². The van der Waals surface area contributed by atoms with E-state index in [1.165, 1.54) is 0 Å². The van der Waals surface area contributed by atoms with Gasteiger partial charge in [-0.2, -0.15) is 0 Å². The number of methoxy groups -OCH3 is 1. The topological polar surface area (TPSA) is 64.3 Å². The molecule has 0 aliphatic heterocycles. The zero-order valence-corrected chi connectivity index (χ0v) is 10.2. The lowest BCUT2D eigenvalue weighted by Crippen LogP contribution is -2.23. The van der Waals surface area contributed by atoms with Gasteiger partial charge in [0.25, 0.3) is 0 Å². The molecule has 0 saturated carbocycles. The Bertz CT molecular complexity index is 330. The predicted octanol–water partition coefficient (Wildman–Crippen LogP) is 1.09. The maximum absolute atomic E-state index is 5.75. The van der Waals surface area contributed by atoms with E-state index in [0.29, 0.717) is 12.4 Å². The molecule has 5 nitrogen and oxygen atoms in total. The molecule has 5 heteroatoms. The minimum absolute atomic E-state index is 0.526. The van der Waals surface area contributed by atoms with Crippen molar-refractivity contribution in [2.24, 2.45) is 0 Å². The van der Waals surface area contributed by atoms with Gasteiger partial charge in [-0.05, 0) is 6.42 Å². The molecule has 0 amide bonds. The van der Waals surface area contributed by atoms with Crippen molar-refractivity contribution >= 4 is 11.6 Å². The van der Waals surface area contributed by atoms with E-state index >= 15 is 0 Å². The number of anilines is 2. The summed E-state index contributed by atoms with van der Waals surface area (Å²) < 4.78 is 5.03. The highest BCUT2D eigenvalue weighted by Gasteiger charge is 2.06. The molecule has 1 aromatic heterocycles. The van der Waals surface area contributed by atoms with Gasteiger partial charge in [0.15, 0.2) is 0 Å². The number of rotatable bonds is 6. The van der Waals surface area contributed by atoms with Crippen LogP contribution >= 0.6 is 0 Å². The quantitative estimate of drug-likeness (QED) is 0.783. The minimum Gasteiger partial charge on any atom is -0.384 e. The fourth-order valence-electron chi connectivity index (χ4n) is 1.38. The highest BCUT2D eigenvalue weighted by Crippen LogP contribution is 2.13. The first-order valence-corrected chi connectivity index (χ1v) is 5.51. The van der Waals surface area contributed by atoms with Crippen molar-refractivity contribution in [1.29, 1.82) is 0 Å². The summed E-state index contributed by atoms with van der Waals surface area (Å²) in [6.07, 6.45) is 1.88. The molecule has 0 saturated heterocycles. The van der Waals surface area contributed by atoms with Crippen LogP contribution in [0.2, 0.25) is 0 Å². The fourth-order valence-corrected chi connectivity index (χ4v) is 1.38. The van der Waals surface area contributed by atoms with Crippen molar-refractivity contribution in [3.05, 3.63) is 11.9 Å². The third-order valence-electron chi connectivity index (χ3n) is 2.27. The highest BCUT2D eigenvalue weighted by atomic mass is 16.5. The Morgan fingerprint density at radius 1 is 1.44 bits per heavy atom. The van der Waals surface area contributed by atoms with Crippen LogP contribution in [0.3, 0.4) is 0 Å². The second kappa shape index (κ2) is 6.27. The average Bonchev–Trinajstić information content (AvgIpc) is 2.25. The molecule has 0 aliphatic carbocycles. The third-order valence-corrected chi connectivity index (χ3v) is 2.27. The molecule has 0 aromatic carbocycles. The standard InChI is InChI=1S/C11H20N4O/c1-4-5-10-13-9(12)8-11(14-10)15(2)6-7-16-3/h8H,4-7H2,1-3H3,(H2,12,13,14). The lowest BCUT2D eigenvalue weighted by Gasteiger charge is -2.18. The Morgan fingerprint density at radius 3 is 2.81 bits per heavy atom. The molecule has 0 radical (unpaired) electrons. The van der Waals surface area contributed by atoms with Crippen LogP contribution in [0.5, 0.6) is 0 Å². The maximum atomic E-state index is 5.75. The summed E-state index contributed by atoms with van der Waals surface area (Å²) in [5.74, 6) is 2.19. The second-order valence-corrected chi connectivity index (χ2v) is 3.73. The van der Waals surface area contributed by atoms with E-state index in [4.69, 9.17) is 10.5 Å². The summed E-state index contributed by atoms with van der Waals surface area (Å²) in [6, 6.07) is 1.79. The van der Waals surface area contributed by atoms with Gasteiger partial charge in [-0.15, -0.1) is 0 Å². The van der Waals surface area contributed by atoms with Gasteiger partial charge in [0.05, 0.1) is 6.61 Å². The molecule has 0 fully saturated rings. The molecule has 0 unspecified atom stereocenters. The molecule has 0 spiro atoms. The average molecular weight is 224 g/mol. The van der Waals surface area contributed by atoms with E-state index in [2.05, 4.69) is 16.9 Å². The number of ether oxygens (including phenoxy) is 1. The number of nitrogens with zero attached hydrogens (tertiary/aromatic N) is 3. The van der Waals surface area contributed by atoms with Gasteiger partial charge in [-0.25, -0.2) is 9.97 Å². The van der Waals surface area contributed by atoms with Crippen molar-refractivity contribution in [2.75, 3.05) is 37.9 Å². The summed E-state index contributed by atoms with van der Waals surface area (Å²) in [5, 5.41) is 0. The lowest BCUT2D eigenvalue weighted by molar-refractivity contribution is 0.206. The molecule has 90 valence electrons. The SMILES string of the molecule is CCCc1nc(N)cc(N(C)CCOC)n1. The van der Waals surface area contributed by atoms with Crippen LogP contribution in [0, 0.1) is 0 Å². The Morgan fingerprint density at radius 2 is 2.19 bits per heavy atom. The van der Waals surface area contributed by atoms with Crippen molar-refractivity contribution in [3.63, 3.8) is 0 Å². The van der Waals surface area contributed by atoms with Crippen LogP contribution in [0.25, 0.3) is 0 Å². The first kappa shape index (κ1) is 12.7. The first-order valence-electron chi connectivity index (χ1n) is 5.51. The van der Waals surface area contributed by atoms with Crippen LogP contribution in [0.4, 0.5) is 11.6 Å². The van der Waals surface area contributed by atoms with Gasteiger partial charge in [-0.1, -0.05) is 6.92 Å². The van der Waals surface area contributed by atoms with Crippen LogP contribution in [0.1, 0.15) is 19.2 Å². The van der Waals surface area contributed by atoms with E-state index < -0.39 is 0 Å². The minimum atomic E-state index is 0.526. The summed E-state index contributed by atoms with van der Waals surface area (Å²) >= 11 is 0. The maximum Gasteiger partial charge on any atom is 0.134 e. The number of nitrogen functional groups attached to an aromatic ring is 1. The van der Waals surface area contributed by atoms with Crippen molar-refractivity contribution in [2.45, 2.75) is 19.8 Å². The Kier molecular flexibility index (Phi) is 4.98. The third kappa shape index (κ3) is 3.66. The van der Waals surface area contributed by atoms with E-state index in [9.17, 15) is 0 Å². The molecular weight excluding hydrogens is 204 g/mol. The number of aryl methyl sites for hydroxylation is 1. The molecule has 0 aliphatic rings. The van der Waals surface area contributed by atoms with Crippen molar-refractivity contribution in [3.8, 4) is 0 Å². The van der Waals surface area contributed by atoms with Crippen LogP contribution in [-0.4, -0.2) is 37.3 Å². The van der Waals surface area contributed by atoms with Gasteiger partial charge in [0.1, 0.15) is 17.5 Å². The normalized spacial score (nSPS) is 10.4. The molecule has 1 aromatic rings. The Labute approximate surface area is 96.6 Å². The number of hydrogen-bond acceptors (Lipinski definition) is 5. The number of aromatic nitrogens is 2. The van der Waals surface area contributed by atoms with Crippen LogP contribution in [-0.2, 0) is 11.2 Å². The Hall–Kier alpha value is -1.36. The zero-order valence-electron chi connectivity index (χ0n) is 10.2. The van der Waals surface area contributed by atoms with Crippen LogP contribution < -0.4 is 10.6 Å². The second-order valence-electron chi connectivity index (χ2n) is 3.73. The summed E-state index contributed by atoms with van der Waals surface area (Å²) in [7, 11) is 3.65. The van der Waals surface area contributed by atoms with Gasteiger partial charge >= 0.3 is 0 Å². The van der Waals surface area contributed by atoms with Gasteiger partial charge in [0.2, 0.25) is 0 Å². The molecule has 2 N–H and O–H groups in total. The fraction of sp³-hybridized carbons (Fsp3) is 0.636. The Balaban J connectivity index is 2.78. The van der Waals surface area contributed by atoms with Crippen molar-refractivity contribution in [1.82, 2.24) is 9.97 Å². The number of hydrogen-bond donors (Lipinski definition) is 1. The number of nitrogens with two attached hydrogens (primary N) is 1. The lowest BCUT2D eigenvalue weighted by atomic mass is 10.3. The smallest absolute Gasteiger partial charge is 0.134 e. The molecule has 1 rings (SSSR count).